The van der Waals surface area contributed by atoms with Gasteiger partial charge in [-0.15, -0.1) is 11.3 Å². The first-order valence-corrected chi connectivity index (χ1v) is 7.00. The van der Waals surface area contributed by atoms with Crippen molar-refractivity contribution in [3.05, 3.63) is 39.3 Å². The summed E-state index contributed by atoms with van der Waals surface area (Å²) in [4.78, 5) is 27.7. The predicted octanol–water partition coefficient (Wildman–Crippen LogP) is 3.56. The third-order valence-electron chi connectivity index (χ3n) is 2.40. The van der Waals surface area contributed by atoms with E-state index in [1.165, 1.54) is 25.4 Å². The van der Waals surface area contributed by atoms with E-state index in [-0.39, 0.29) is 11.5 Å². The van der Waals surface area contributed by atoms with Gasteiger partial charge in [-0.2, -0.15) is 0 Å². The van der Waals surface area contributed by atoms with Crippen molar-refractivity contribution in [3.63, 3.8) is 0 Å². The average Bonchev–Trinajstić information content (AvgIpc) is 2.83. The standard InChI is InChI=1S/C13H10BrNO3S/c1-7(16)11-10(13(17)18-2)15-12(19-11)8-4-3-5-9(14)6-8/h3-6H,1-2H3. The highest BCUT2D eigenvalue weighted by molar-refractivity contribution is 9.10. The van der Waals surface area contributed by atoms with E-state index in [2.05, 4.69) is 25.7 Å². The Hall–Kier alpha value is -1.53. The summed E-state index contributed by atoms with van der Waals surface area (Å²) < 4.78 is 5.55. The summed E-state index contributed by atoms with van der Waals surface area (Å²) in [5, 5.41) is 0.618. The number of esters is 1. The molecule has 0 saturated carbocycles. The summed E-state index contributed by atoms with van der Waals surface area (Å²) in [6.45, 7) is 1.41. The molecule has 2 rings (SSSR count). The quantitative estimate of drug-likeness (QED) is 0.633. The van der Waals surface area contributed by atoms with Crippen LogP contribution in [0, 0.1) is 0 Å². The molecule has 0 saturated heterocycles. The van der Waals surface area contributed by atoms with Gasteiger partial charge < -0.3 is 4.74 Å². The Kier molecular flexibility index (Phi) is 4.11. The van der Waals surface area contributed by atoms with Gasteiger partial charge in [-0.05, 0) is 12.1 Å². The van der Waals surface area contributed by atoms with Gasteiger partial charge in [0, 0.05) is 17.0 Å². The number of Topliss-reactive ketones (excluding diaryl/α,β-unsaturated/α-hetero) is 1. The number of carbonyl (C=O) groups excluding carboxylic acids is 2. The molecule has 4 nitrogen and oxygen atoms in total. The second-order valence-corrected chi connectivity index (χ2v) is 5.67. The summed E-state index contributed by atoms with van der Waals surface area (Å²) in [6, 6.07) is 7.51. The molecule has 0 atom stereocenters. The van der Waals surface area contributed by atoms with Crippen molar-refractivity contribution in [2.45, 2.75) is 6.92 Å². The van der Waals surface area contributed by atoms with Crippen molar-refractivity contribution in [1.82, 2.24) is 4.98 Å². The van der Waals surface area contributed by atoms with Crippen LogP contribution in [0.25, 0.3) is 10.6 Å². The zero-order chi connectivity index (χ0) is 14.0. The highest BCUT2D eigenvalue weighted by Gasteiger charge is 2.22. The fourth-order valence-corrected chi connectivity index (χ4v) is 2.88. The highest BCUT2D eigenvalue weighted by atomic mass is 79.9. The highest BCUT2D eigenvalue weighted by Crippen LogP contribution is 2.30. The molecule has 0 bridgehead atoms. The van der Waals surface area contributed by atoms with Crippen molar-refractivity contribution < 1.29 is 14.3 Å². The number of halogens is 1. The summed E-state index contributed by atoms with van der Waals surface area (Å²) >= 11 is 4.57. The molecule has 6 heteroatoms. The van der Waals surface area contributed by atoms with Crippen LogP contribution in [0.2, 0.25) is 0 Å². The smallest absolute Gasteiger partial charge is 0.358 e. The molecule has 0 radical (unpaired) electrons. The number of carbonyl (C=O) groups is 2. The summed E-state index contributed by atoms with van der Waals surface area (Å²) in [6.07, 6.45) is 0. The number of ether oxygens (including phenoxy) is 1. The molecule has 1 aromatic carbocycles. The molecular weight excluding hydrogens is 330 g/mol. The van der Waals surface area contributed by atoms with Crippen LogP contribution in [0.4, 0.5) is 0 Å². The van der Waals surface area contributed by atoms with Crippen molar-refractivity contribution in [2.24, 2.45) is 0 Å². The maximum atomic E-state index is 11.6. The molecule has 0 aliphatic rings. The zero-order valence-corrected chi connectivity index (χ0v) is 12.7. The molecule has 1 heterocycles. The van der Waals surface area contributed by atoms with Crippen LogP contribution in [0.5, 0.6) is 0 Å². The Labute approximate surface area is 122 Å². The Bertz CT molecular complexity index is 651. The van der Waals surface area contributed by atoms with Crippen LogP contribution < -0.4 is 0 Å². The van der Waals surface area contributed by atoms with Crippen LogP contribution in [0.1, 0.15) is 27.1 Å². The Morgan fingerprint density at radius 2 is 2.11 bits per heavy atom. The number of thiazole rings is 1. The van der Waals surface area contributed by atoms with E-state index in [0.29, 0.717) is 9.88 Å². The largest absolute Gasteiger partial charge is 0.464 e. The number of aromatic nitrogens is 1. The van der Waals surface area contributed by atoms with Crippen molar-refractivity contribution >= 4 is 39.0 Å². The second kappa shape index (κ2) is 5.63. The maximum absolute atomic E-state index is 11.6. The first kappa shape index (κ1) is 13.9. The molecule has 0 unspecified atom stereocenters. The van der Waals surface area contributed by atoms with E-state index in [4.69, 9.17) is 0 Å². The van der Waals surface area contributed by atoms with E-state index < -0.39 is 5.97 Å². The fourth-order valence-electron chi connectivity index (χ4n) is 1.54. The van der Waals surface area contributed by atoms with Crippen LogP contribution in [-0.2, 0) is 4.74 Å². The Morgan fingerprint density at radius 3 is 2.68 bits per heavy atom. The van der Waals surface area contributed by atoms with Gasteiger partial charge in [-0.25, -0.2) is 9.78 Å². The van der Waals surface area contributed by atoms with Gasteiger partial charge in [-0.1, -0.05) is 28.1 Å². The lowest BCUT2D eigenvalue weighted by molar-refractivity contribution is 0.0591. The summed E-state index contributed by atoms with van der Waals surface area (Å²) in [5.41, 5.74) is 0.923. The normalized spacial score (nSPS) is 10.3. The minimum absolute atomic E-state index is 0.0787. The number of nitrogens with zero attached hydrogens (tertiary/aromatic N) is 1. The summed E-state index contributed by atoms with van der Waals surface area (Å²) in [5.74, 6) is -0.790. The van der Waals surface area contributed by atoms with E-state index in [1.807, 2.05) is 24.3 Å². The van der Waals surface area contributed by atoms with Gasteiger partial charge in [0.1, 0.15) is 9.88 Å². The van der Waals surface area contributed by atoms with Gasteiger partial charge in [0.05, 0.1) is 7.11 Å². The lowest BCUT2D eigenvalue weighted by Crippen LogP contribution is -2.06. The minimum atomic E-state index is -0.595. The number of hydrogen-bond donors (Lipinski definition) is 0. The molecule has 19 heavy (non-hydrogen) atoms. The molecule has 0 fully saturated rings. The van der Waals surface area contributed by atoms with Crippen LogP contribution in [0.15, 0.2) is 28.7 Å². The van der Waals surface area contributed by atoms with Gasteiger partial charge in [0.15, 0.2) is 11.5 Å². The molecule has 2 aromatic rings. The number of hydrogen-bond acceptors (Lipinski definition) is 5. The fraction of sp³-hybridized carbons (Fsp3) is 0.154. The van der Waals surface area contributed by atoms with Gasteiger partial charge in [0.2, 0.25) is 0 Å². The second-order valence-electron chi connectivity index (χ2n) is 3.75. The number of methoxy groups -OCH3 is 1. The SMILES string of the molecule is COC(=O)c1nc(-c2cccc(Br)c2)sc1C(C)=O. The van der Waals surface area contributed by atoms with E-state index in [1.54, 1.807) is 0 Å². The van der Waals surface area contributed by atoms with Gasteiger partial charge >= 0.3 is 5.97 Å². The molecule has 1 aromatic heterocycles. The van der Waals surface area contributed by atoms with Crippen molar-refractivity contribution in [2.75, 3.05) is 7.11 Å². The molecule has 0 aliphatic carbocycles. The Balaban J connectivity index is 2.54. The zero-order valence-electron chi connectivity index (χ0n) is 10.3. The first-order valence-electron chi connectivity index (χ1n) is 5.39. The maximum Gasteiger partial charge on any atom is 0.358 e. The molecule has 0 N–H and O–H groups in total. The monoisotopic (exact) mass is 339 g/mol. The minimum Gasteiger partial charge on any atom is -0.464 e. The van der Waals surface area contributed by atoms with Crippen LogP contribution in [-0.4, -0.2) is 23.8 Å². The number of ketones is 1. The van der Waals surface area contributed by atoms with Crippen LogP contribution >= 0.6 is 27.3 Å². The molecular formula is C13H10BrNO3S. The topological polar surface area (TPSA) is 56.3 Å². The lowest BCUT2D eigenvalue weighted by atomic mass is 10.2. The van der Waals surface area contributed by atoms with Gasteiger partial charge in [-0.3, -0.25) is 4.79 Å². The van der Waals surface area contributed by atoms with E-state index in [0.717, 1.165) is 10.0 Å². The van der Waals surface area contributed by atoms with Crippen molar-refractivity contribution in [1.29, 1.82) is 0 Å². The molecule has 0 spiro atoms. The third-order valence-corrected chi connectivity index (χ3v) is 4.10. The average molecular weight is 340 g/mol. The van der Waals surface area contributed by atoms with Gasteiger partial charge in [0.25, 0.3) is 0 Å². The molecule has 0 aliphatic heterocycles. The van der Waals surface area contributed by atoms with Crippen molar-refractivity contribution in [3.8, 4) is 10.6 Å². The van der Waals surface area contributed by atoms with E-state index in [9.17, 15) is 9.59 Å². The molecule has 0 amide bonds. The summed E-state index contributed by atoms with van der Waals surface area (Å²) in [7, 11) is 1.27. The van der Waals surface area contributed by atoms with E-state index >= 15 is 0 Å². The molecule has 98 valence electrons. The lowest BCUT2D eigenvalue weighted by Gasteiger charge is -1.96. The Morgan fingerprint density at radius 1 is 1.37 bits per heavy atom. The number of rotatable bonds is 3. The first-order chi connectivity index (χ1) is 9.02. The van der Waals surface area contributed by atoms with Crippen LogP contribution in [0.3, 0.4) is 0 Å². The predicted molar refractivity (Wildman–Crippen MR) is 76.6 cm³/mol. The number of benzene rings is 1. The third kappa shape index (κ3) is 2.90.